The van der Waals surface area contributed by atoms with Crippen LogP contribution in [-0.2, 0) is 6.54 Å². The number of pyridine rings is 1. The summed E-state index contributed by atoms with van der Waals surface area (Å²) in [4.78, 5) is 16.5. The molecular formula is C18H15N5O. The molecule has 2 aromatic heterocycles. The van der Waals surface area contributed by atoms with Crippen molar-refractivity contribution in [2.45, 2.75) is 13.5 Å². The van der Waals surface area contributed by atoms with Crippen molar-refractivity contribution in [1.82, 2.24) is 14.8 Å². The van der Waals surface area contributed by atoms with Gasteiger partial charge in [0.25, 0.3) is 5.56 Å². The van der Waals surface area contributed by atoms with Crippen molar-refractivity contribution < 1.29 is 0 Å². The van der Waals surface area contributed by atoms with Gasteiger partial charge in [-0.1, -0.05) is 0 Å². The largest absolute Gasteiger partial charge is 0.351 e. The standard InChI is InChI=1S/C18H15N5O/c1-2-23-18(24)17(21-15-5-3-13(12-19)4-6-15)11-16(22-23)14-7-9-20-10-8-14/h3-11,21H,2H2,1H3. The van der Waals surface area contributed by atoms with Crippen LogP contribution in [0.25, 0.3) is 11.3 Å². The van der Waals surface area contributed by atoms with Gasteiger partial charge in [0, 0.05) is 30.2 Å². The Balaban J connectivity index is 2.03. The molecule has 0 aliphatic carbocycles. The third-order valence-corrected chi connectivity index (χ3v) is 3.54. The van der Waals surface area contributed by atoms with Gasteiger partial charge in [-0.25, -0.2) is 4.68 Å². The highest BCUT2D eigenvalue weighted by molar-refractivity contribution is 5.66. The molecule has 3 aromatic rings. The molecule has 0 radical (unpaired) electrons. The van der Waals surface area contributed by atoms with Crippen LogP contribution in [-0.4, -0.2) is 14.8 Å². The fourth-order valence-corrected chi connectivity index (χ4v) is 2.29. The maximum absolute atomic E-state index is 12.5. The van der Waals surface area contributed by atoms with Crippen LogP contribution in [0.3, 0.4) is 0 Å². The monoisotopic (exact) mass is 317 g/mol. The molecule has 0 saturated heterocycles. The minimum atomic E-state index is -0.195. The first kappa shape index (κ1) is 15.4. The summed E-state index contributed by atoms with van der Waals surface area (Å²) < 4.78 is 1.42. The number of nitrogens with one attached hydrogen (secondary N) is 1. The number of rotatable bonds is 4. The van der Waals surface area contributed by atoms with Crippen molar-refractivity contribution in [1.29, 1.82) is 5.26 Å². The van der Waals surface area contributed by atoms with Crippen LogP contribution in [0.5, 0.6) is 0 Å². The number of benzene rings is 1. The number of aryl methyl sites for hydroxylation is 1. The van der Waals surface area contributed by atoms with E-state index in [0.29, 0.717) is 23.5 Å². The molecule has 0 unspecified atom stereocenters. The van der Waals surface area contributed by atoms with Crippen LogP contribution in [0.4, 0.5) is 11.4 Å². The SMILES string of the molecule is CCn1nc(-c2ccncc2)cc(Nc2ccc(C#N)cc2)c1=O. The van der Waals surface area contributed by atoms with Gasteiger partial charge >= 0.3 is 0 Å². The van der Waals surface area contributed by atoms with Crippen LogP contribution < -0.4 is 10.9 Å². The third kappa shape index (κ3) is 3.15. The summed E-state index contributed by atoms with van der Waals surface area (Å²) in [7, 11) is 0. The normalized spacial score (nSPS) is 10.2. The quantitative estimate of drug-likeness (QED) is 0.800. The Morgan fingerprint density at radius 3 is 2.50 bits per heavy atom. The first-order chi connectivity index (χ1) is 11.7. The highest BCUT2D eigenvalue weighted by Crippen LogP contribution is 2.20. The molecular weight excluding hydrogens is 302 g/mol. The average Bonchev–Trinajstić information content (AvgIpc) is 2.64. The first-order valence-corrected chi connectivity index (χ1v) is 7.51. The molecule has 0 aliphatic rings. The van der Waals surface area contributed by atoms with E-state index in [2.05, 4.69) is 21.5 Å². The van der Waals surface area contributed by atoms with E-state index in [1.165, 1.54) is 4.68 Å². The predicted molar refractivity (Wildman–Crippen MR) is 91.8 cm³/mol. The van der Waals surface area contributed by atoms with Gasteiger partial charge < -0.3 is 5.32 Å². The van der Waals surface area contributed by atoms with Gasteiger partial charge in [0.1, 0.15) is 5.69 Å². The number of anilines is 2. The van der Waals surface area contributed by atoms with E-state index >= 15 is 0 Å². The summed E-state index contributed by atoms with van der Waals surface area (Å²) in [6, 6.07) is 14.4. The summed E-state index contributed by atoms with van der Waals surface area (Å²) in [5.41, 5.74) is 3.12. The molecule has 0 aliphatic heterocycles. The fourth-order valence-electron chi connectivity index (χ4n) is 2.29. The maximum atomic E-state index is 12.5. The van der Waals surface area contributed by atoms with Gasteiger partial charge in [0.15, 0.2) is 0 Å². The van der Waals surface area contributed by atoms with Crippen LogP contribution in [0.15, 0.2) is 59.7 Å². The zero-order chi connectivity index (χ0) is 16.9. The Kier molecular flexibility index (Phi) is 4.34. The van der Waals surface area contributed by atoms with E-state index in [0.717, 1.165) is 11.3 Å². The van der Waals surface area contributed by atoms with E-state index in [1.807, 2.05) is 19.1 Å². The Bertz CT molecular complexity index is 940. The molecule has 6 heteroatoms. The minimum Gasteiger partial charge on any atom is -0.351 e. The molecule has 6 nitrogen and oxygen atoms in total. The molecule has 1 aromatic carbocycles. The number of aromatic nitrogens is 3. The molecule has 24 heavy (non-hydrogen) atoms. The third-order valence-electron chi connectivity index (χ3n) is 3.54. The van der Waals surface area contributed by atoms with Gasteiger partial charge in [-0.05, 0) is 49.4 Å². The van der Waals surface area contributed by atoms with E-state index < -0.39 is 0 Å². The zero-order valence-electron chi connectivity index (χ0n) is 13.1. The van der Waals surface area contributed by atoms with E-state index in [9.17, 15) is 4.79 Å². The lowest BCUT2D eigenvalue weighted by molar-refractivity contribution is 0.621. The van der Waals surface area contributed by atoms with Crippen LogP contribution >= 0.6 is 0 Å². The first-order valence-electron chi connectivity index (χ1n) is 7.51. The lowest BCUT2D eigenvalue weighted by atomic mass is 10.2. The predicted octanol–water partition coefficient (Wildman–Crippen LogP) is 2.94. The molecule has 0 fully saturated rings. The fraction of sp³-hybridized carbons (Fsp3) is 0.111. The van der Waals surface area contributed by atoms with Crippen LogP contribution in [0, 0.1) is 11.3 Å². The number of nitriles is 1. The van der Waals surface area contributed by atoms with Crippen LogP contribution in [0.1, 0.15) is 12.5 Å². The molecule has 0 amide bonds. The van der Waals surface area contributed by atoms with Crippen molar-refractivity contribution in [3.63, 3.8) is 0 Å². The number of hydrogen-bond acceptors (Lipinski definition) is 5. The lowest BCUT2D eigenvalue weighted by Crippen LogP contribution is -2.24. The van der Waals surface area contributed by atoms with Gasteiger partial charge in [-0.15, -0.1) is 0 Å². The van der Waals surface area contributed by atoms with E-state index in [1.54, 1.807) is 42.7 Å². The Morgan fingerprint density at radius 2 is 1.88 bits per heavy atom. The van der Waals surface area contributed by atoms with Gasteiger partial charge in [0.2, 0.25) is 0 Å². The molecule has 118 valence electrons. The topological polar surface area (TPSA) is 83.6 Å². The molecule has 0 atom stereocenters. The highest BCUT2D eigenvalue weighted by atomic mass is 16.1. The molecule has 1 N–H and O–H groups in total. The summed E-state index contributed by atoms with van der Waals surface area (Å²) in [6.45, 7) is 2.34. The summed E-state index contributed by atoms with van der Waals surface area (Å²) in [5, 5.41) is 16.3. The second kappa shape index (κ2) is 6.75. The van der Waals surface area contributed by atoms with Gasteiger partial charge in [0.05, 0.1) is 17.3 Å². The van der Waals surface area contributed by atoms with E-state index in [-0.39, 0.29) is 5.56 Å². The maximum Gasteiger partial charge on any atom is 0.290 e. The zero-order valence-corrected chi connectivity index (χ0v) is 13.1. The highest BCUT2D eigenvalue weighted by Gasteiger charge is 2.09. The van der Waals surface area contributed by atoms with Gasteiger partial charge in [-0.2, -0.15) is 10.4 Å². The number of hydrogen-bond donors (Lipinski definition) is 1. The molecule has 0 saturated carbocycles. The summed E-state index contributed by atoms with van der Waals surface area (Å²) in [6.07, 6.45) is 3.37. The van der Waals surface area contributed by atoms with Crippen molar-refractivity contribution >= 4 is 11.4 Å². The molecule has 0 bridgehead atoms. The van der Waals surface area contributed by atoms with E-state index in [4.69, 9.17) is 5.26 Å². The van der Waals surface area contributed by atoms with Crippen molar-refractivity contribution in [2.75, 3.05) is 5.32 Å². The smallest absolute Gasteiger partial charge is 0.290 e. The molecule has 2 heterocycles. The van der Waals surface area contributed by atoms with Crippen LogP contribution in [0.2, 0.25) is 0 Å². The Morgan fingerprint density at radius 1 is 1.17 bits per heavy atom. The van der Waals surface area contributed by atoms with Crippen molar-refractivity contribution in [3.05, 3.63) is 70.8 Å². The van der Waals surface area contributed by atoms with Crippen molar-refractivity contribution in [3.8, 4) is 17.3 Å². The Labute approximate surface area is 139 Å². The second-order valence-corrected chi connectivity index (χ2v) is 5.11. The molecule has 3 rings (SSSR count). The summed E-state index contributed by atoms with van der Waals surface area (Å²) in [5.74, 6) is 0. The Hall–Kier alpha value is -3.46. The minimum absolute atomic E-state index is 0.195. The van der Waals surface area contributed by atoms with Crippen molar-refractivity contribution in [2.24, 2.45) is 0 Å². The molecule has 0 spiro atoms. The van der Waals surface area contributed by atoms with Gasteiger partial charge in [-0.3, -0.25) is 9.78 Å². The average molecular weight is 317 g/mol. The summed E-state index contributed by atoms with van der Waals surface area (Å²) >= 11 is 0. The number of nitrogens with zero attached hydrogens (tertiary/aromatic N) is 4. The second-order valence-electron chi connectivity index (χ2n) is 5.11. The lowest BCUT2D eigenvalue weighted by Gasteiger charge is -2.11.